The second-order valence-electron chi connectivity index (χ2n) is 6.06. The zero-order chi connectivity index (χ0) is 18.8. The van der Waals surface area contributed by atoms with Crippen molar-refractivity contribution in [2.75, 3.05) is 19.8 Å². The zero-order valence-electron chi connectivity index (χ0n) is 14.7. The first-order chi connectivity index (χ1) is 13.1. The number of aryl methyl sites for hydroxylation is 1. The van der Waals surface area contributed by atoms with Crippen molar-refractivity contribution >= 4 is 17.4 Å². The van der Waals surface area contributed by atoms with Gasteiger partial charge in [-0.05, 0) is 31.2 Å². The first kappa shape index (κ1) is 17.0. The SMILES string of the molecule is Cc1nn2cccnc2c1C(=O)OCC(=O)c1ccc2c(c1)OCCCO2. The van der Waals surface area contributed by atoms with Crippen molar-refractivity contribution in [1.82, 2.24) is 14.6 Å². The third-order valence-corrected chi connectivity index (χ3v) is 4.18. The average Bonchev–Trinajstić information content (AvgIpc) is 2.85. The van der Waals surface area contributed by atoms with Crippen molar-refractivity contribution < 1.29 is 23.8 Å². The molecule has 0 atom stereocenters. The molecular weight excluding hydrogens is 350 g/mol. The Bertz CT molecular complexity index is 1030. The molecule has 3 aromatic rings. The maximum atomic E-state index is 12.4. The van der Waals surface area contributed by atoms with Gasteiger partial charge in [0, 0.05) is 24.4 Å². The third-order valence-electron chi connectivity index (χ3n) is 4.18. The lowest BCUT2D eigenvalue weighted by Gasteiger charge is -2.09. The normalized spacial score (nSPS) is 13.2. The van der Waals surface area contributed by atoms with Crippen molar-refractivity contribution in [3.05, 3.63) is 53.5 Å². The summed E-state index contributed by atoms with van der Waals surface area (Å²) in [5.74, 6) is 0.159. The summed E-state index contributed by atoms with van der Waals surface area (Å²) >= 11 is 0. The average molecular weight is 367 g/mol. The molecule has 0 unspecified atom stereocenters. The molecule has 1 aliphatic rings. The number of Topliss-reactive ketones (excluding diaryl/α,β-unsaturated/α-hetero) is 1. The van der Waals surface area contributed by atoms with Crippen molar-refractivity contribution in [2.45, 2.75) is 13.3 Å². The highest BCUT2D eigenvalue weighted by Crippen LogP contribution is 2.30. The molecule has 1 aliphatic heterocycles. The molecule has 3 heterocycles. The van der Waals surface area contributed by atoms with Crippen LogP contribution in [0.1, 0.15) is 32.8 Å². The maximum Gasteiger partial charge on any atom is 0.344 e. The summed E-state index contributed by atoms with van der Waals surface area (Å²) in [6.45, 7) is 2.41. The minimum atomic E-state index is -0.635. The van der Waals surface area contributed by atoms with Crippen LogP contribution in [0.2, 0.25) is 0 Å². The van der Waals surface area contributed by atoms with Crippen molar-refractivity contribution in [3.8, 4) is 11.5 Å². The van der Waals surface area contributed by atoms with Crippen LogP contribution >= 0.6 is 0 Å². The highest BCUT2D eigenvalue weighted by molar-refractivity contribution is 6.01. The molecule has 8 nitrogen and oxygen atoms in total. The van der Waals surface area contributed by atoms with Gasteiger partial charge in [0.25, 0.3) is 0 Å². The van der Waals surface area contributed by atoms with E-state index in [1.807, 2.05) is 0 Å². The molecule has 0 amide bonds. The van der Waals surface area contributed by atoms with Crippen molar-refractivity contribution in [2.24, 2.45) is 0 Å². The molecule has 0 saturated heterocycles. The van der Waals surface area contributed by atoms with Crippen LogP contribution in [-0.4, -0.2) is 46.2 Å². The maximum absolute atomic E-state index is 12.4. The van der Waals surface area contributed by atoms with E-state index in [0.717, 1.165) is 6.42 Å². The number of carbonyl (C=O) groups excluding carboxylic acids is 2. The van der Waals surface area contributed by atoms with Gasteiger partial charge >= 0.3 is 5.97 Å². The Hall–Kier alpha value is -3.42. The number of ketones is 1. The summed E-state index contributed by atoms with van der Waals surface area (Å²) in [5.41, 5.74) is 1.52. The number of fused-ring (bicyclic) bond motifs is 2. The summed E-state index contributed by atoms with van der Waals surface area (Å²) in [4.78, 5) is 29.0. The molecule has 8 heteroatoms. The molecule has 0 fully saturated rings. The van der Waals surface area contributed by atoms with Gasteiger partial charge in [-0.2, -0.15) is 5.10 Å². The van der Waals surface area contributed by atoms with Gasteiger partial charge in [0.05, 0.1) is 18.9 Å². The minimum absolute atomic E-state index is 0.252. The van der Waals surface area contributed by atoms with Crippen LogP contribution in [0.3, 0.4) is 0 Å². The molecule has 27 heavy (non-hydrogen) atoms. The van der Waals surface area contributed by atoms with Gasteiger partial charge in [0.15, 0.2) is 29.5 Å². The molecule has 0 radical (unpaired) electrons. The highest BCUT2D eigenvalue weighted by atomic mass is 16.5. The zero-order valence-corrected chi connectivity index (χ0v) is 14.7. The summed E-state index contributed by atoms with van der Waals surface area (Å²) in [7, 11) is 0. The largest absolute Gasteiger partial charge is 0.490 e. The molecule has 138 valence electrons. The molecule has 0 N–H and O–H groups in total. The van der Waals surface area contributed by atoms with Gasteiger partial charge in [-0.1, -0.05) is 0 Å². The number of rotatable bonds is 4. The lowest BCUT2D eigenvalue weighted by Crippen LogP contribution is -2.15. The van der Waals surface area contributed by atoms with E-state index in [0.29, 0.717) is 41.6 Å². The highest BCUT2D eigenvalue weighted by Gasteiger charge is 2.21. The van der Waals surface area contributed by atoms with Crippen molar-refractivity contribution in [3.63, 3.8) is 0 Å². The Kier molecular flexibility index (Phi) is 4.45. The molecule has 0 aliphatic carbocycles. The van der Waals surface area contributed by atoms with Gasteiger partial charge in [-0.25, -0.2) is 14.3 Å². The van der Waals surface area contributed by atoms with E-state index in [-0.39, 0.29) is 18.0 Å². The Labute approximate surface area is 154 Å². The van der Waals surface area contributed by atoms with Gasteiger partial charge < -0.3 is 14.2 Å². The van der Waals surface area contributed by atoms with Crippen LogP contribution in [-0.2, 0) is 4.74 Å². The van der Waals surface area contributed by atoms with Crippen LogP contribution in [0.5, 0.6) is 11.5 Å². The number of hydrogen-bond acceptors (Lipinski definition) is 7. The minimum Gasteiger partial charge on any atom is -0.490 e. The van der Waals surface area contributed by atoms with E-state index >= 15 is 0 Å². The van der Waals surface area contributed by atoms with Gasteiger partial charge in [-0.15, -0.1) is 0 Å². The van der Waals surface area contributed by atoms with Crippen LogP contribution in [0.4, 0.5) is 0 Å². The van der Waals surface area contributed by atoms with Gasteiger partial charge in [0.1, 0.15) is 5.56 Å². The predicted molar refractivity (Wildman–Crippen MR) is 94.4 cm³/mol. The lowest BCUT2D eigenvalue weighted by atomic mass is 10.1. The van der Waals surface area contributed by atoms with Crippen LogP contribution in [0, 0.1) is 6.92 Å². The topological polar surface area (TPSA) is 92.0 Å². The molecule has 1 aromatic carbocycles. The first-order valence-corrected chi connectivity index (χ1v) is 8.53. The van der Waals surface area contributed by atoms with Gasteiger partial charge in [-0.3, -0.25) is 4.79 Å². The Morgan fingerprint density at radius 3 is 2.89 bits per heavy atom. The molecule has 0 spiro atoms. The Morgan fingerprint density at radius 2 is 2.04 bits per heavy atom. The van der Waals surface area contributed by atoms with E-state index in [2.05, 4.69) is 10.1 Å². The fourth-order valence-corrected chi connectivity index (χ4v) is 2.86. The fourth-order valence-electron chi connectivity index (χ4n) is 2.86. The second kappa shape index (κ2) is 7.06. The van der Waals surface area contributed by atoms with E-state index in [1.54, 1.807) is 43.6 Å². The third kappa shape index (κ3) is 3.33. The van der Waals surface area contributed by atoms with Crippen molar-refractivity contribution in [1.29, 1.82) is 0 Å². The molecule has 0 saturated carbocycles. The van der Waals surface area contributed by atoms with Crippen LogP contribution in [0.15, 0.2) is 36.7 Å². The lowest BCUT2D eigenvalue weighted by molar-refractivity contribution is 0.0475. The summed E-state index contributed by atoms with van der Waals surface area (Å²) in [6.07, 6.45) is 4.04. The second-order valence-corrected chi connectivity index (χ2v) is 6.06. The standard InChI is InChI=1S/C19H17N3O5/c1-12-17(18-20-6-2-7-22(18)21-12)19(24)27-11-14(23)13-4-5-15-16(10-13)26-9-3-8-25-15/h2,4-7,10H,3,8-9,11H2,1H3. The number of esters is 1. The summed E-state index contributed by atoms with van der Waals surface area (Å²) in [5, 5.41) is 4.21. The summed E-state index contributed by atoms with van der Waals surface area (Å²) < 4.78 is 17.8. The number of aromatic nitrogens is 3. The fraction of sp³-hybridized carbons (Fsp3) is 0.263. The Balaban J connectivity index is 1.48. The number of benzene rings is 1. The predicted octanol–water partition coefficient (Wildman–Crippen LogP) is 2.24. The monoisotopic (exact) mass is 367 g/mol. The molecule has 2 aromatic heterocycles. The Morgan fingerprint density at radius 1 is 1.22 bits per heavy atom. The molecule has 4 rings (SSSR count). The smallest absolute Gasteiger partial charge is 0.344 e. The molecule has 0 bridgehead atoms. The van der Waals surface area contributed by atoms with E-state index in [4.69, 9.17) is 14.2 Å². The number of ether oxygens (including phenoxy) is 3. The number of carbonyl (C=O) groups is 2. The summed E-state index contributed by atoms with van der Waals surface area (Å²) in [6, 6.07) is 6.64. The van der Waals surface area contributed by atoms with E-state index in [9.17, 15) is 9.59 Å². The first-order valence-electron chi connectivity index (χ1n) is 8.53. The van der Waals surface area contributed by atoms with Gasteiger partial charge in [0.2, 0.25) is 0 Å². The quantitative estimate of drug-likeness (QED) is 0.516. The number of hydrogen-bond donors (Lipinski definition) is 0. The molecular formula is C19H17N3O5. The van der Waals surface area contributed by atoms with E-state index < -0.39 is 5.97 Å². The van der Waals surface area contributed by atoms with E-state index in [1.165, 1.54) is 4.52 Å². The van der Waals surface area contributed by atoms with Crippen LogP contribution in [0.25, 0.3) is 5.65 Å². The van der Waals surface area contributed by atoms with Crippen LogP contribution < -0.4 is 9.47 Å². The number of nitrogens with zero attached hydrogens (tertiary/aromatic N) is 3.